The number of carbonyl (C=O) groups excluding carboxylic acids is 2. The van der Waals surface area contributed by atoms with Gasteiger partial charge in [-0.25, -0.2) is 0 Å². The minimum Gasteiger partial charge on any atom is -0.380 e. The molecule has 1 aliphatic rings. The third-order valence-electron chi connectivity index (χ3n) is 3.02. The van der Waals surface area contributed by atoms with Crippen LogP contribution >= 0.6 is 0 Å². The van der Waals surface area contributed by atoms with E-state index in [-0.39, 0.29) is 25.4 Å². The van der Waals surface area contributed by atoms with Crippen LogP contribution in [0.4, 0.5) is 11.4 Å². The summed E-state index contributed by atoms with van der Waals surface area (Å²) in [4.78, 5) is 34.9. The summed E-state index contributed by atoms with van der Waals surface area (Å²) in [5.74, 6) is -0.816. The van der Waals surface area contributed by atoms with Crippen molar-refractivity contribution >= 4 is 23.2 Å². The molecule has 1 saturated heterocycles. The van der Waals surface area contributed by atoms with E-state index >= 15 is 0 Å². The lowest BCUT2D eigenvalue weighted by Gasteiger charge is -2.25. The van der Waals surface area contributed by atoms with E-state index in [0.29, 0.717) is 17.8 Å². The van der Waals surface area contributed by atoms with E-state index in [1.54, 1.807) is 6.07 Å². The Morgan fingerprint density at radius 2 is 2.00 bits per heavy atom. The number of imide groups is 1. The number of ether oxygens (including phenoxy) is 1. The molecule has 112 valence electrons. The SMILES string of the molecule is CCNc1cc(CN2C(=O)COCC2=O)ccc1[N+](=O)[O-]. The Morgan fingerprint density at radius 3 is 2.57 bits per heavy atom. The molecule has 0 unspecified atom stereocenters. The van der Waals surface area contributed by atoms with Crippen LogP contribution in [0, 0.1) is 10.1 Å². The van der Waals surface area contributed by atoms with E-state index < -0.39 is 16.7 Å². The third kappa shape index (κ3) is 3.34. The molecule has 2 rings (SSSR count). The zero-order valence-corrected chi connectivity index (χ0v) is 11.5. The van der Waals surface area contributed by atoms with E-state index in [4.69, 9.17) is 4.74 Å². The fourth-order valence-electron chi connectivity index (χ4n) is 2.05. The summed E-state index contributed by atoms with van der Waals surface area (Å²) in [7, 11) is 0. The average Bonchev–Trinajstić information content (AvgIpc) is 2.43. The summed E-state index contributed by atoms with van der Waals surface area (Å²) < 4.78 is 4.83. The normalized spacial score (nSPS) is 15.2. The zero-order valence-electron chi connectivity index (χ0n) is 11.5. The van der Waals surface area contributed by atoms with Gasteiger partial charge in [0, 0.05) is 12.6 Å². The Kier molecular flexibility index (Phi) is 4.49. The number of morpholine rings is 1. The highest BCUT2D eigenvalue weighted by Gasteiger charge is 2.27. The molecule has 8 heteroatoms. The molecule has 0 spiro atoms. The van der Waals surface area contributed by atoms with Gasteiger partial charge in [0.15, 0.2) is 0 Å². The van der Waals surface area contributed by atoms with E-state index in [0.717, 1.165) is 4.90 Å². The minimum atomic E-state index is -0.479. The number of nitrogens with zero attached hydrogens (tertiary/aromatic N) is 2. The quantitative estimate of drug-likeness (QED) is 0.492. The van der Waals surface area contributed by atoms with Gasteiger partial charge >= 0.3 is 0 Å². The van der Waals surface area contributed by atoms with Crippen molar-refractivity contribution in [2.45, 2.75) is 13.5 Å². The number of benzene rings is 1. The number of anilines is 1. The largest absolute Gasteiger partial charge is 0.380 e. The topological polar surface area (TPSA) is 102 Å². The monoisotopic (exact) mass is 293 g/mol. The summed E-state index contributed by atoms with van der Waals surface area (Å²) in [5, 5.41) is 13.8. The first-order chi connectivity index (χ1) is 10.0. The number of nitro benzene ring substituents is 1. The van der Waals surface area contributed by atoms with Crippen molar-refractivity contribution in [2.24, 2.45) is 0 Å². The van der Waals surface area contributed by atoms with Crippen LogP contribution in [-0.2, 0) is 20.9 Å². The Morgan fingerprint density at radius 1 is 1.33 bits per heavy atom. The van der Waals surface area contributed by atoms with Crippen molar-refractivity contribution in [1.82, 2.24) is 4.90 Å². The minimum absolute atomic E-state index is 0.0415. The van der Waals surface area contributed by atoms with Gasteiger partial charge in [0.25, 0.3) is 17.5 Å². The van der Waals surface area contributed by atoms with Gasteiger partial charge in [-0.3, -0.25) is 24.6 Å². The summed E-state index contributed by atoms with van der Waals surface area (Å²) in [6, 6.07) is 4.48. The first-order valence-corrected chi connectivity index (χ1v) is 6.45. The molecule has 0 radical (unpaired) electrons. The second-order valence-electron chi connectivity index (χ2n) is 4.51. The van der Waals surface area contributed by atoms with Crippen molar-refractivity contribution in [3.8, 4) is 0 Å². The third-order valence-corrected chi connectivity index (χ3v) is 3.02. The van der Waals surface area contributed by atoms with E-state index in [9.17, 15) is 19.7 Å². The first-order valence-electron chi connectivity index (χ1n) is 6.45. The smallest absolute Gasteiger partial charge is 0.292 e. The maximum Gasteiger partial charge on any atom is 0.292 e. The summed E-state index contributed by atoms with van der Waals surface area (Å²) >= 11 is 0. The fraction of sp³-hybridized carbons (Fsp3) is 0.385. The zero-order chi connectivity index (χ0) is 15.4. The van der Waals surface area contributed by atoms with Crippen LogP contribution in [-0.4, -0.2) is 41.4 Å². The van der Waals surface area contributed by atoms with Gasteiger partial charge in [0.2, 0.25) is 0 Å². The van der Waals surface area contributed by atoms with E-state index in [2.05, 4.69) is 5.32 Å². The molecular weight excluding hydrogens is 278 g/mol. The highest BCUT2D eigenvalue weighted by Crippen LogP contribution is 2.26. The molecule has 1 aromatic carbocycles. The number of rotatable bonds is 5. The Labute approximate surface area is 120 Å². The highest BCUT2D eigenvalue weighted by atomic mass is 16.6. The van der Waals surface area contributed by atoms with Gasteiger partial charge in [-0.1, -0.05) is 6.07 Å². The molecule has 1 N–H and O–H groups in total. The van der Waals surface area contributed by atoms with Gasteiger partial charge in [-0.15, -0.1) is 0 Å². The van der Waals surface area contributed by atoms with Crippen molar-refractivity contribution in [3.63, 3.8) is 0 Å². The molecular formula is C13H15N3O5. The molecule has 0 atom stereocenters. The number of hydrogen-bond donors (Lipinski definition) is 1. The number of carbonyl (C=O) groups is 2. The second kappa shape index (κ2) is 6.31. The lowest BCUT2D eigenvalue weighted by molar-refractivity contribution is -0.384. The van der Waals surface area contributed by atoms with Crippen LogP contribution in [0.3, 0.4) is 0 Å². The molecule has 2 amide bonds. The van der Waals surface area contributed by atoms with Crippen molar-refractivity contribution in [2.75, 3.05) is 25.1 Å². The summed E-state index contributed by atoms with van der Waals surface area (Å²) in [6.07, 6.45) is 0. The first kappa shape index (κ1) is 14.9. The van der Waals surface area contributed by atoms with Crippen molar-refractivity contribution < 1.29 is 19.2 Å². The van der Waals surface area contributed by atoms with Gasteiger partial charge in [0.1, 0.15) is 18.9 Å². The number of nitro groups is 1. The van der Waals surface area contributed by atoms with Gasteiger partial charge in [0.05, 0.1) is 11.5 Å². The number of nitrogens with one attached hydrogen (secondary N) is 1. The molecule has 0 aliphatic carbocycles. The van der Waals surface area contributed by atoms with E-state index in [1.165, 1.54) is 12.1 Å². The molecule has 1 fully saturated rings. The van der Waals surface area contributed by atoms with Crippen molar-refractivity contribution in [3.05, 3.63) is 33.9 Å². The van der Waals surface area contributed by atoms with Crippen LogP contribution in [0.15, 0.2) is 18.2 Å². The Hall–Kier alpha value is -2.48. The van der Waals surface area contributed by atoms with Crippen molar-refractivity contribution in [1.29, 1.82) is 0 Å². The van der Waals surface area contributed by atoms with Gasteiger partial charge in [-0.2, -0.15) is 0 Å². The Bertz CT molecular complexity index is 571. The van der Waals surface area contributed by atoms with E-state index in [1.807, 2.05) is 6.92 Å². The van der Waals surface area contributed by atoms with Gasteiger partial charge < -0.3 is 10.1 Å². The molecule has 0 saturated carbocycles. The predicted molar refractivity (Wildman–Crippen MR) is 73.6 cm³/mol. The standard InChI is InChI=1S/C13H15N3O5/c1-2-14-10-5-9(3-4-11(10)16(19)20)6-15-12(17)7-21-8-13(15)18/h3-5,14H,2,6-8H2,1H3. The lowest BCUT2D eigenvalue weighted by atomic mass is 10.1. The van der Waals surface area contributed by atoms with Crippen LogP contribution in [0.25, 0.3) is 0 Å². The molecule has 0 bridgehead atoms. The Balaban J connectivity index is 2.24. The van der Waals surface area contributed by atoms with Gasteiger partial charge in [-0.05, 0) is 18.6 Å². The predicted octanol–water partition coefficient (Wildman–Crippen LogP) is 0.912. The number of hydrogen-bond acceptors (Lipinski definition) is 6. The average molecular weight is 293 g/mol. The molecule has 8 nitrogen and oxygen atoms in total. The van der Waals surface area contributed by atoms with Crippen LogP contribution < -0.4 is 5.32 Å². The molecule has 1 aromatic rings. The highest BCUT2D eigenvalue weighted by molar-refractivity contribution is 5.98. The summed E-state index contributed by atoms with van der Waals surface area (Å²) in [5.41, 5.74) is 0.966. The molecule has 1 aliphatic heterocycles. The lowest BCUT2D eigenvalue weighted by Crippen LogP contribution is -2.45. The maximum atomic E-state index is 11.7. The molecule has 1 heterocycles. The van der Waals surface area contributed by atoms with Crippen LogP contribution in [0.5, 0.6) is 0 Å². The number of amides is 2. The molecule has 21 heavy (non-hydrogen) atoms. The van der Waals surface area contributed by atoms with Crippen LogP contribution in [0.2, 0.25) is 0 Å². The maximum absolute atomic E-state index is 11.7. The van der Waals surface area contributed by atoms with Crippen LogP contribution in [0.1, 0.15) is 12.5 Å². The molecule has 0 aromatic heterocycles. The summed E-state index contributed by atoms with van der Waals surface area (Å²) in [6.45, 7) is 2.18. The fourth-order valence-corrected chi connectivity index (χ4v) is 2.05. The second-order valence-corrected chi connectivity index (χ2v) is 4.51.